The molecule has 33 heavy (non-hydrogen) atoms. The van der Waals surface area contributed by atoms with Crippen molar-refractivity contribution in [3.63, 3.8) is 0 Å². The summed E-state index contributed by atoms with van der Waals surface area (Å²) in [6, 6.07) is 17.3. The largest absolute Gasteiger partial charge is 0.497 e. The van der Waals surface area contributed by atoms with Crippen molar-refractivity contribution in [3.8, 4) is 5.75 Å². The van der Waals surface area contributed by atoms with E-state index in [1.807, 2.05) is 73.7 Å². The Bertz CT molecular complexity index is 1050. The Labute approximate surface area is 204 Å². The third kappa shape index (κ3) is 7.58. The summed E-state index contributed by atoms with van der Waals surface area (Å²) in [7, 11) is 1.61. The van der Waals surface area contributed by atoms with Gasteiger partial charge in [-0.05, 0) is 61.2 Å². The number of unbranched alkanes of at least 4 members (excludes halogenated alkanes) is 2. The van der Waals surface area contributed by atoms with Crippen molar-refractivity contribution < 1.29 is 14.3 Å². The molecule has 0 aliphatic carbocycles. The molecule has 0 saturated carbocycles. The predicted molar refractivity (Wildman–Crippen MR) is 140 cm³/mol. The number of benzene rings is 2. The topological polar surface area (TPSA) is 58.6 Å². The number of allylic oxidation sites excluding steroid dienone is 2. The Morgan fingerprint density at radius 3 is 2.52 bits per heavy atom. The molecule has 1 fully saturated rings. The lowest BCUT2D eigenvalue weighted by molar-refractivity contribution is -0.122. The summed E-state index contributed by atoms with van der Waals surface area (Å²) in [5.41, 5.74) is 2.85. The Morgan fingerprint density at radius 1 is 1.09 bits per heavy atom. The van der Waals surface area contributed by atoms with Gasteiger partial charge in [0.1, 0.15) is 10.1 Å². The number of nitrogens with zero attached hydrogens (tertiary/aromatic N) is 1. The van der Waals surface area contributed by atoms with Crippen LogP contribution in [0, 0.1) is 0 Å². The number of anilines is 1. The van der Waals surface area contributed by atoms with Crippen LogP contribution in [0.25, 0.3) is 6.08 Å². The maximum atomic E-state index is 12.8. The third-order valence-electron chi connectivity index (χ3n) is 5.09. The molecule has 2 aromatic carbocycles. The molecule has 0 atom stereocenters. The van der Waals surface area contributed by atoms with Crippen molar-refractivity contribution in [2.24, 2.45) is 0 Å². The van der Waals surface area contributed by atoms with E-state index >= 15 is 0 Å². The van der Waals surface area contributed by atoms with Crippen LogP contribution in [-0.4, -0.2) is 34.7 Å². The van der Waals surface area contributed by atoms with E-state index in [0.29, 0.717) is 22.2 Å². The monoisotopic (exact) mass is 480 g/mol. The quantitative estimate of drug-likeness (QED) is 0.255. The van der Waals surface area contributed by atoms with Crippen LogP contribution in [0.5, 0.6) is 5.75 Å². The van der Waals surface area contributed by atoms with Crippen molar-refractivity contribution >= 4 is 51.9 Å². The molecule has 1 saturated heterocycles. The number of rotatable bonds is 10. The van der Waals surface area contributed by atoms with Gasteiger partial charge in [0, 0.05) is 18.7 Å². The van der Waals surface area contributed by atoms with Gasteiger partial charge < -0.3 is 10.1 Å². The van der Waals surface area contributed by atoms with E-state index in [9.17, 15) is 9.59 Å². The average molecular weight is 481 g/mol. The molecule has 1 N–H and O–H groups in total. The summed E-state index contributed by atoms with van der Waals surface area (Å²) < 4.78 is 5.71. The first-order valence-electron chi connectivity index (χ1n) is 10.9. The Morgan fingerprint density at radius 2 is 1.82 bits per heavy atom. The van der Waals surface area contributed by atoms with Crippen molar-refractivity contribution in [2.45, 2.75) is 32.6 Å². The smallest absolute Gasteiger partial charge is 0.266 e. The molecule has 0 radical (unpaired) electrons. The first-order chi connectivity index (χ1) is 16.0. The van der Waals surface area contributed by atoms with Gasteiger partial charge in [0.25, 0.3) is 5.91 Å². The van der Waals surface area contributed by atoms with Crippen molar-refractivity contribution in [3.05, 3.63) is 76.7 Å². The molecule has 5 nitrogen and oxygen atoms in total. The van der Waals surface area contributed by atoms with E-state index in [4.69, 9.17) is 17.0 Å². The van der Waals surface area contributed by atoms with Gasteiger partial charge in [-0.15, -0.1) is 0 Å². The molecule has 2 amide bonds. The van der Waals surface area contributed by atoms with E-state index in [0.717, 1.165) is 41.8 Å². The molecule has 0 unspecified atom stereocenters. The number of thioether (sulfide) groups is 1. The zero-order valence-corrected chi connectivity index (χ0v) is 20.5. The minimum Gasteiger partial charge on any atom is -0.497 e. The number of methoxy groups -OCH3 is 1. The second kappa shape index (κ2) is 12.4. The molecule has 0 spiro atoms. The lowest BCUT2D eigenvalue weighted by Gasteiger charge is -2.14. The second-order valence-corrected chi connectivity index (χ2v) is 9.40. The number of carbonyl (C=O) groups excluding carboxylic acids is 2. The first-order valence-corrected chi connectivity index (χ1v) is 12.1. The highest BCUT2D eigenvalue weighted by atomic mass is 32.2. The van der Waals surface area contributed by atoms with Gasteiger partial charge in [-0.3, -0.25) is 14.5 Å². The fourth-order valence-corrected chi connectivity index (χ4v) is 4.74. The molecule has 0 bridgehead atoms. The number of ether oxygens (including phenoxy) is 1. The Kier molecular flexibility index (Phi) is 9.27. The van der Waals surface area contributed by atoms with Gasteiger partial charge in [-0.2, -0.15) is 0 Å². The Balaban J connectivity index is 1.41. The normalized spacial score (nSPS) is 15.3. The van der Waals surface area contributed by atoms with Crippen molar-refractivity contribution in [1.82, 2.24) is 4.90 Å². The minimum atomic E-state index is -0.0388. The van der Waals surface area contributed by atoms with Crippen LogP contribution >= 0.6 is 24.0 Å². The first kappa shape index (κ1) is 24.7. The summed E-state index contributed by atoms with van der Waals surface area (Å²) in [4.78, 5) is 27.2. The van der Waals surface area contributed by atoms with Gasteiger partial charge in [-0.1, -0.05) is 66.8 Å². The van der Waals surface area contributed by atoms with Gasteiger partial charge in [0.05, 0.1) is 12.0 Å². The number of hydrogen-bond donors (Lipinski definition) is 1. The molecule has 172 valence electrons. The van der Waals surface area contributed by atoms with Crippen LogP contribution in [0.3, 0.4) is 0 Å². The maximum absolute atomic E-state index is 12.8. The summed E-state index contributed by atoms with van der Waals surface area (Å²) >= 11 is 6.77. The molecule has 1 aliphatic rings. The van der Waals surface area contributed by atoms with Crippen LogP contribution in [0.15, 0.2) is 71.2 Å². The maximum Gasteiger partial charge on any atom is 0.266 e. The van der Waals surface area contributed by atoms with Gasteiger partial charge in [0.2, 0.25) is 5.91 Å². The summed E-state index contributed by atoms with van der Waals surface area (Å²) in [6.07, 6.45) is 6.78. The molecule has 1 heterocycles. The molecular formula is C26H28N2O3S2. The van der Waals surface area contributed by atoms with Gasteiger partial charge in [0.15, 0.2) is 0 Å². The van der Waals surface area contributed by atoms with E-state index in [2.05, 4.69) is 5.32 Å². The number of hydrogen-bond acceptors (Lipinski definition) is 5. The van der Waals surface area contributed by atoms with Crippen molar-refractivity contribution in [1.29, 1.82) is 0 Å². The standard InChI is InChI=1S/C26H28N2O3S2/c1-19(17-20-9-5-3-6-10-20)18-23-25(30)28(26(32)33-23)16-8-4-7-11-24(29)27-21-12-14-22(31-2)15-13-21/h3,5-6,9-10,12-15,17-18H,4,7-8,11,16H2,1-2H3,(H,27,29)/b19-17+,23-18-. The van der Waals surface area contributed by atoms with E-state index in [-0.39, 0.29) is 11.8 Å². The SMILES string of the molecule is COc1ccc(NC(=O)CCCCCN2C(=O)/C(=C/C(C)=C/c3ccccc3)SC2=S)cc1. The lowest BCUT2D eigenvalue weighted by Crippen LogP contribution is -2.29. The summed E-state index contributed by atoms with van der Waals surface area (Å²) in [6.45, 7) is 2.56. The fourth-order valence-electron chi connectivity index (χ4n) is 3.38. The highest BCUT2D eigenvalue weighted by Crippen LogP contribution is 2.32. The fraction of sp³-hybridized carbons (Fsp3) is 0.269. The van der Waals surface area contributed by atoms with Crippen LogP contribution in [-0.2, 0) is 9.59 Å². The summed E-state index contributed by atoms with van der Waals surface area (Å²) in [5, 5.41) is 2.88. The van der Waals surface area contributed by atoms with Gasteiger partial charge >= 0.3 is 0 Å². The highest BCUT2D eigenvalue weighted by Gasteiger charge is 2.31. The third-order valence-corrected chi connectivity index (χ3v) is 6.46. The van der Waals surface area contributed by atoms with E-state index in [1.165, 1.54) is 11.8 Å². The van der Waals surface area contributed by atoms with E-state index in [1.54, 1.807) is 12.0 Å². The number of amides is 2. The number of nitrogens with one attached hydrogen (secondary N) is 1. The molecule has 0 aromatic heterocycles. The average Bonchev–Trinajstić information content (AvgIpc) is 3.07. The zero-order valence-electron chi connectivity index (χ0n) is 18.9. The Hall–Kier alpha value is -2.90. The van der Waals surface area contributed by atoms with Crippen LogP contribution in [0.2, 0.25) is 0 Å². The molecule has 1 aliphatic heterocycles. The molecular weight excluding hydrogens is 452 g/mol. The summed E-state index contributed by atoms with van der Waals surface area (Å²) in [5.74, 6) is 0.693. The van der Waals surface area contributed by atoms with Crippen LogP contribution in [0.1, 0.15) is 38.2 Å². The predicted octanol–water partition coefficient (Wildman–Crippen LogP) is 6.04. The molecule has 7 heteroatoms. The zero-order chi connectivity index (χ0) is 23.6. The highest BCUT2D eigenvalue weighted by molar-refractivity contribution is 8.26. The van der Waals surface area contributed by atoms with Crippen LogP contribution in [0.4, 0.5) is 5.69 Å². The number of thiocarbonyl (C=S) groups is 1. The van der Waals surface area contributed by atoms with Crippen LogP contribution < -0.4 is 10.1 Å². The lowest BCUT2D eigenvalue weighted by atomic mass is 10.1. The second-order valence-electron chi connectivity index (χ2n) is 7.72. The molecule has 2 aromatic rings. The number of carbonyl (C=O) groups is 2. The molecule has 3 rings (SSSR count). The van der Waals surface area contributed by atoms with E-state index < -0.39 is 0 Å². The van der Waals surface area contributed by atoms with Gasteiger partial charge in [-0.25, -0.2) is 0 Å². The van der Waals surface area contributed by atoms with Crippen molar-refractivity contribution in [2.75, 3.05) is 19.0 Å². The minimum absolute atomic E-state index is 0.0191.